The van der Waals surface area contributed by atoms with E-state index in [1.807, 2.05) is 12.1 Å². The molecule has 0 saturated carbocycles. The van der Waals surface area contributed by atoms with Gasteiger partial charge < -0.3 is 9.15 Å². The van der Waals surface area contributed by atoms with Crippen LogP contribution in [0.3, 0.4) is 0 Å². The van der Waals surface area contributed by atoms with Gasteiger partial charge >= 0.3 is 5.97 Å². The third kappa shape index (κ3) is 2.94. The highest BCUT2D eigenvalue weighted by molar-refractivity contribution is 5.86. The van der Waals surface area contributed by atoms with Crippen LogP contribution in [0.1, 0.15) is 18.1 Å². The number of hydrogen-bond acceptors (Lipinski definition) is 4. The lowest BCUT2D eigenvalue weighted by atomic mass is 10.1. The highest BCUT2D eigenvalue weighted by Crippen LogP contribution is 2.23. The highest BCUT2D eigenvalue weighted by Gasteiger charge is 2.12. The lowest BCUT2D eigenvalue weighted by Crippen LogP contribution is -2.11. The molecule has 0 aliphatic heterocycles. The van der Waals surface area contributed by atoms with Crippen molar-refractivity contribution < 1.29 is 13.9 Å². The Hall–Kier alpha value is -2.62. The van der Waals surface area contributed by atoms with Crippen molar-refractivity contribution in [2.45, 2.75) is 19.8 Å². The Labute approximate surface area is 122 Å². The van der Waals surface area contributed by atoms with Crippen LogP contribution in [-0.2, 0) is 17.6 Å². The van der Waals surface area contributed by atoms with E-state index in [0.717, 1.165) is 23.0 Å². The number of carbonyl (C=O) groups is 1. The molecule has 0 aliphatic rings. The number of ether oxygens (including phenoxy) is 1. The largest absolute Gasteiger partial charge is 0.464 e. The fraction of sp³-hybridized carbons (Fsp3) is 0.176. The highest BCUT2D eigenvalue weighted by atomic mass is 16.5. The summed E-state index contributed by atoms with van der Waals surface area (Å²) in [5.74, 6) is 0.122. The van der Waals surface area contributed by atoms with Crippen molar-refractivity contribution in [1.29, 1.82) is 0 Å². The first-order valence-corrected chi connectivity index (χ1v) is 6.86. The number of pyridine rings is 1. The molecule has 0 amide bonds. The third-order valence-corrected chi connectivity index (χ3v) is 3.33. The van der Waals surface area contributed by atoms with Crippen LogP contribution < -0.4 is 4.74 Å². The van der Waals surface area contributed by atoms with Gasteiger partial charge in [0.15, 0.2) is 0 Å². The standard InChI is InChI=1S/C17H15NO3/c1-2-12-5-6-16-15(8-12)13(11-20-16)9-17(19)21-14-4-3-7-18-10-14/h3-8,10-11H,2,9H2,1H3. The van der Waals surface area contributed by atoms with Gasteiger partial charge in [-0.25, -0.2) is 0 Å². The van der Waals surface area contributed by atoms with Crippen LogP contribution in [0.4, 0.5) is 0 Å². The summed E-state index contributed by atoms with van der Waals surface area (Å²) in [7, 11) is 0. The predicted octanol–water partition coefficient (Wildman–Crippen LogP) is 3.54. The SMILES string of the molecule is CCc1ccc2occ(CC(=O)Oc3cccnc3)c2c1. The summed E-state index contributed by atoms with van der Waals surface area (Å²) in [6.45, 7) is 2.09. The van der Waals surface area contributed by atoms with Crippen molar-refractivity contribution in [3.63, 3.8) is 0 Å². The zero-order chi connectivity index (χ0) is 14.7. The zero-order valence-corrected chi connectivity index (χ0v) is 11.7. The molecular formula is C17H15NO3. The van der Waals surface area contributed by atoms with E-state index in [0.29, 0.717) is 5.75 Å². The molecule has 4 heteroatoms. The molecule has 106 valence electrons. The molecule has 0 unspecified atom stereocenters. The number of aryl methyl sites for hydroxylation is 1. The predicted molar refractivity (Wildman–Crippen MR) is 79.2 cm³/mol. The number of aromatic nitrogens is 1. The first-order chi connectivity index (χ1) is 10.3. The fourth-order valence-electron chi connectivity index (χ4n) is 2.22. The van der Waals surface area contributed by atoms with Gasteiger partial charge in [-0.3, -0.25) is 9.78 Å². The minimum Gasteiger partial charge on any atom is -0.464 e. The van der Waals surface area contributed by atoms with E-state index in [-0.39, 0.29) is 12.4 Å². The van der Waals surface area contributed by atoms with Crippen LogP contribution in [0.25, 0.3) is 11.0 Å². The Kier molecular flexibility index (Phi) is 3.69. The minimum absolute atomic E-state index is 0.176. The maximum atomic E-state index is 12.0. The van der Waals surface area contributed by atoms with Crippen molar-refractivity contribution in [2.24, 2.45) is 0 Å². The summed E-state index contributed by atoms with van der Waals surface area (Å²) in [5.41, 5.74) is 2.84. The Bertz CT molecular complexity index is 762. The summed E-state index contributed by atoms with van der Waals surface area (Å²) in [4.78, 5) is 15.9. The summed E-state index contributed by atoms with van der Waals surface area (Å²) in [6.07, 6.45) is 5.89. The molecule has 2 heterocycles. The van der Waals surface area contributed by atoms with Crippen molar-refractivity contribution >= 4 is 16.9 Å². The minimum atomic E-state index is -0.326. The van der Waals surface area contributed by atoms with Crippen LogP contribution in [0.5, 0.6) is 5.75 Å². The van der Waals surface area contributed by atoms with Gasteiger partial charge in [0.2, 0.25) is 0 Å². The molecule has 0 fully saturated rings. The Morgan fingerprint density at radius 1 is 1.33 bits per heavy atom. The summed E-state index contributed by atoms with van der Waals surface area (Å²) >= 11 is 0. The molecule has 2 aromatic heterocycles. The molecule has 0 saturated heterocycles. The van der Waals surface area contributed by atoms with Crippen LogP contribution in [0.15, 0.2) is 53.4 Å². The summed E-state index contributed by atoms with van der Waals surface area (Å²) < 4.78 is 10.7. The number of nitrogens with zero attached hydrogens (tertiary/aromatic N) is 1. The van der Waals surface area contributed by atoms with Crippen LogP contribution in [0, 0.1) is 0 Å². The zero-order valence-electron chi connectivity index (χ0n) is 11.7. The molecule has 4 nitrogen and oxygen atoms in total. The molecule has 0 N–H and O–H groups in total. The van der Waals surface area contributed by atoms with E-state index < -0.39 is 0 Å². The molecule has 0 bridgehead atoms. The molecule has 0 radical (unpaired) electrons. The molecule has 21 heavy (non-hydrogen) atoms. The maximum Gasteiger partial charge on any atom is 0.315 e. The van der Waals surface area contributed by atoms with E-state index in [2.05, 4.69) is 18.0 Å². The number of carbonyl (C=O) groups excluding carboxylic acids is 1. The van der Waals surface area contributed by atoms with Gasteiger partial charge in [-0.05, 0) is 36.2 Å². The van der Waals surface area contributed by atoms with Crippen LogP contribution >= 0.6 is 0 Å². The average molecular weight is 281 g/mol. The number of benzene rings is 1. The fourth-order valence-corrected chi connectivity index (χ4v) is 2.22. The van der Waals surface area contributed by atoms with E-state index in [4.69, 9.17) is 9.15 Å². The first kappa shape index (κ1) is 13.4. The van der Waals surface area contributed by atoms with Crippen molar-refractivity contribution in [3.05, 3.63) is 60.1 Å². The number of esters is 1. The average Bonchev–Trinajstić information content (AvgIpc) is 2.90. The molecule has 0 atom stereocenters. The second kappa shape index (κ2) is 5.79. The molecule has 1 aromatic carbocycles. The van der Waals surface area contributed by atoms with Gasteiger partial charge in [-0.15, -0.1) is 0 Å². The normalized spacial score (nSPS) is 10.7. The molecule has 3 rings (SSSR count). The van der Waals surface area contributed by atoms with Gasteiger partial charge in [-0.1, -0.05) is 13.0 Å². The van der Waals surface area contributed by atoms with Crippen LogP contribution in [0.2, 0.25) is 0 Å². The van der Waals surface area contributed by atoms with Crippen molar-refractivity contribution in [2.75, 3.05) is 0 Å². The maximum absolute atomic E-state index is 12.0. The molecule has 0 spiro atoms. The van der Waals surface area contributed by atoms with E-state index in [1.165, 1.54) is 11.8 Å². The van der Waals surface area contributed by atoms with E-state index in [9.17, 15) is 4.79 Å². The number of hydrogen-bond donors (Lipinski definition) is 0. The van der Waals surface area contributed by atoms with Gasteiger partial charge in [0.1, 0.15) is 11.3 Å². The first-order valence-electron chi connectivity index (χ1n) is 6.86. The van der Waals surface area contributed by atoms with Crippen molar-refractivity contribution in [3.8, 4) is 5.75 Å². The second-order valence-corrected chi connectivity index (χ2v) is 4.78. The number of fused-ring (bicyclic) bond motifs is 1. The lowest BCUT2D eigenvalue weighted by Gasteiger charge is -2.03. The van der Waals surface area contributed by atoms with Gasteiger partial charge in [-0.2, -0.15) is 0 Å². The monoisotopic (exact) mass is 281 g/mol. The molecule has 0 aliphatic carbocycles. The topological polar surface area (TPSA) is 52.3 Å². The second-order valence-electron chi connectivity index (χ2n) is 4.78. The number of furan rings is 1. The van der Waals surface area contributed by atoms with Gasteiger partial charge in [0.05, 0.1) is 18.9 Å². The van der Waals surface area contributed by atoms with Crippen LogP contribution in [-0.4, -0.2) is 11.0 Å². The summed E-state index contributed by atoms with van der Waals surface area (Å²) in [5, 5.41) is 0.970. The van der Waals surface area contributed by atoms with Gasteiger partial charge in [0, 0.05) is 17.1 Å². The van der Waals surface area contributed by atoms with Crippen molar-refractivity contribution in [1.82, 2.24) is 4.98 Å². The molecular weight excluding hydrogens is 266 g/mol. The van der Waals surface area contributed by atoms with E-state index >= 15 is 0 Å². The Morgan fingerprint density at radius 2 is 2.24 bits per heavy atom. The third-order valence-electron chi connectivity index (χ3n) is 3.33. The van der Waals surface area contributed by atoms with E-state index in [1.54, 1.807) is 24.6 Å². The quantitative estimate of drug-likeness (QED) is 0.686. The number of rotatable bonds is 4. The van der Waals surface area contributed by atoms with Gasteiger partial charge in [0.25, 0.3) is 0 Å². The summed E-state index contributed by atoms with van der Waals surface area (Å²) in [6, 6.07) is 9.45. The Morgan fingerprint density at radius 3 is 3.00 bits per heavy atom. The Balaban J connectivity index is 1.79. The molecule has 3 aromatic rings. The lowest BCUT2D eigenvalue weighted by molar-refractivity contribution is -0.133. The smallest absolute Gasteiger partial charge is 0.315 e.